The molecule has 2 heterocycles. The van der Waals surface area contributed by atoms with Crippen LogP contribution in [0.5, 0.6) is 0 Å². The van der Waals surface area contributed by atoms with Gasteiger partial charge in [0.15, 0.2) is 4.77 Å². The molecule has 2 aliphatic rings. The number of para-hydroxylation sites is 1. The Hall–Kier alpha value is -1.92. The van der Waals surface area contributed by atoms with E-state index in [1.54, 1.807) is 0 Å². The summed E-state index contributed by atoms with van der Waals surface area (Å²) in [5.74, 6) is 0.234. The monoisotopic (exact) mass is 412 g/mol. The van der Waals surface area contributed by atoms with Gasteiger partial charge in [-0.3, -0.25) is 9.69 Å². The predicted molar refractivity (Wildman–Crippen MR) is 120 cm³/mol. The second kappa shape index (κ2) is 8.84. The Bertz CT molecular complexity index is 903. The van der Waals surface area contributed by atoms with Crippen molar-refractivity contribution in [3.05, 3.63) is 46.5 Å². The molecule has 1 saturated carbocycles. The van der Waals surface area contributed by atoms with Gasteiger partial charge in [0, 0.05) is 42.1 Å². The predicted octanol–water partition coefficient (Wildman–Crippen LogP) is 5.06. The first-order valence-corrected chi connectivity index (χ1v) is 11.3. The molecule has 0 bridgehead atoms. The van der Waals surface area contributed by atoms with E-state index in [2.05, 4.69) is 33.2 Å². The highest BCUT2D eigenvalue weighted by Crippen LogP contribution is 2.32. The molecule has 1 N–H and O–H groups in total. The van der Waals surface area contributed by atoms with E-state index in [0.717, 1.165) is 43.1 Å². The Labute approximate surface area is 178 Å². The van der Waals surface area contributed by atoms with Gasteiger partial charge in [0.2, 0.25) is 5.91 Å². The minimum absolute atomic E-state index is 0.0883. The van der Waals surface area contributed by atoms with E-state index in [4.69, 9.17) is 12.2 Å². The Kier molecular flexibility index (Phi) is 6.20. The fourth-order valence-corrected chi connectivity index (χ4v) is 5.33. The maximum atomic E-state index is 12.6. The first-order chi connectivity index (χ1) is 14.0. The van der Waals surface area contributed by atoms with E-state index >= 15 is 0 Å². The van der Waals surface area contributed by atoms with Crippen LogP contribution in [0.15, 0.2) is 30.3 Å². The molecule has 5 nitrogen and oxygen atoms in total. The van der Waals surface area contributed by atoms with Gasteiger partial charge in [-0.05, 0) is 63.9 Å². The number of nitrogens with one attached hydrogen (secondary N) is 1. The molecule has 1 aromatic heterocycles. The quantitative estimate of drug-likeness (QED) is 0.698. The minimum Gasteiger partial charge on any atom is -0.326 e. The van der Waals surface area contributed by atoms with Gasteiger partial charge in [-0.2, -0.15) is 0 Å². The molecule has 4 rings (SSSR count). The number of piperidine rings is 1. The van der Waals surface area contributed by atoms with Gasteiger partial charge in [0.05, 0.1) is 6.67 Å². The number of anilines is 1. The van der Waals surface area contributed by atoms with Gasteiger partial charge < -0.3 is 14.5 Å². The maximum absolute atomic E-state index is 12.6. The van der Waals surface area contributed by atoms with E-state index in [1.165, 1.54) is 37.1 Å². The van der Waals surface area contributed by atoms with Crippen LogP contribution in [-0.4, -0.2) is 33.0 Å². The minimum atomic E-state index is 0.0883. The average Bonchev–Trinajstić information content (AvgIpc) is 3.33. The summed E-state index contributed by atoms with van der Waals surface area (Å²) in [6.45, 7) is 7.10. The van der Waals surface area contributed by atoms with Crippen molar-refractivity contribution >= 4 is 23.8 Å². The highest BCUT2D eigenvalue weighted by Gasteiger charge is 2.27. The van der Waals surface area contributed by atoms with E-state index in [-0.39, 0.29) is 11.8 Å². The van der Waals surface area contributed by atoms with Crippen molar-refractivity contribution in [3.63, 3.8) is 0 Å². The molecule has 1 aliphatic carbocycles. The number of benzene rings is 1. The van der Waals surface area contributed by atoms with Crippen molar-refractivity contribution in [2.24, 2.45) is 5.92 Å². The average molecular weight is 413 g/mol. The number of imidazole rings is 1. The molecule has 2 aromatic rings. The molecule has 0 radical (unpaired) electrons. The number of carbonyl (C=O) groups excluding carboxylic acids is 1. The third-order valence-corrected chi connectivity index (χ3v) is 7.17. The Morgan fingerprint density at radius 1 is 1.03 bits per heavy atom. The van der Waals surface area contributed by atoms with Crippen molar-refractivity contribution in [1.82, 2.24) is 14.0 Å². The largest absolute Gasteiger partial charge is 0.326 e. The van der Waals surface area contributed by atoms with Crippen molar-refractivity contribution in [2.45, 2.75) is 65.1 Å². The SMILES string of the molecule is Cc1c(C)n(C2CCCC2)c(=S)n1CN1CCC(C(=O)Nc2ccccc2)CC1. The fourth-order valence-electron chi connectivity index (χ4n) is 4.85. The summed E-state index contributed by atoms with van der Waals surface area (Å²) in [6, 6.07) is 10.3. The number of amides is 1. The zero-order chi connectivity index (χ0) is 20.4. The molecule has 1 aromatic carbocycles. The standard InChI is InChI=1S/C23H32N4OS/c1-17-18(2)27(21-10-6-7-11-21)23(29)26(17)16-25-14-12-19(13-15-25)22(28)24-20-8-4-3-5-9-20/h3-5,8-9,19,21H,6-7,10-16H2,1-2H3,(H,24,28). The molecule has 156 valence electrons. The van der Waals surface area contributed by atoms with E-state index in [0.29, 0.717) is 6.04 Å². The summed E-state index contributed by atoms with van der Waals surface area (Å²) in [6.07, 6.45) is 6.92. The summed E-state index contributed by atoms with van der Waals surface area (Å²) in [7, 11) is 0. The lowest BCUT2D eigenvalue weighted by Gasteiger charge is -2.31. The first-order valence-electron chi connectivity index (χ1n) is 10.9. The van der Waals surface area contributed by atoms with Gasteiger partial charge in [0.25, 0.3) is 0 Å². The molecule has 0 unspecified atom stereocenters. The number of aromatic nitrogens is 2. The van der Waals surface area contributed by atoms with Crippen LogP contribution in [0.3, 0.4) is 0 Å². The normalized spacial score (nSPS) is 19.0. The smallest absolute Gasteiger partial charge is 0.227 e. The number of hydrogen-bond acceptors (Lipinski definition) is 3. The molecule has 6 heteroatoms. The molecule has 1 aliphatic heterocycles. The van der Waals surface area contributed by atoms with Gasteiger partial charge in [-0.15, -0.1) is 0 Å². The van der Waals surface area contributed by atoms with Crippen LogP contribution in [0.1, 0.15) is 56.0 Å². The zero-order valence-corrected chi connectivity index (χ0v) is 18.4. The highest BCUT2D eigenvalue weighted by atomic mass is 32.1. The number of carbonyl (C=O) groups is 1. The molecule has 2 fully saturated rings. The zero-order valence-electron chi connectivity index (χ0n) is 17.6. The van der Waals surface area contributed by atoms with Gasteiger partial charge in [0.1, 0.15) is 0 Å². The van der Waals surface area contributed by atoms with Crippen LogP contribution >= 0.6 is 12.2 Å². The van der Waals surface area contributed by atoms with Crippen molar-refractivity contribution in [1.29, 1.82) is 0 Å². The van der Waals surface area contributed by atoms with Gasteiger partial charge in [-0.1, -0.05) is 31.0 Å². The molecule has 29 heavy (non-hydrogen) atoms. The second-order valence-electron chi connectivity index (χ2n) is 8.58. The topological polar surface area (TPSA) is 42.2 Å². The third-order valence-electron chi connectivity index (χ3n) is 6.76. The van der Waals surface area contributed by atoms with Crippen molar-refractivity contribution in [3.8, 4) is 0 Å². The maximum Gasteiger partial charge on any atom is 0.227 e. The number of hydrogen-bond donors (Lipinski definition) is 1. The van der Waals surface area contributed by atoms with Crippen molar-refractivity contribution < 1.29 is 4.79 Å². The molecule has 0 atom stereocenters. The molecular formula is C23H32N4OS. The van der Waals surface area contributed by atoms with Gasteiger partial charge in [-0.25, -0.2) is 0 Å². The second-order valence-corrected chi connectivity index (χ2v) is 8.94. The lowest BCUT2D eigenvalue weighted by Crippen LogP contribution is -2.39. The molecular weight excluding hydrogens is 380 g/mol. The van der Waals surface area contributed by atoms with Crippen LogP contribution in [0.2, 0.25) is 0 Å². The number of nitrogens with zero attached hydrogens (tertiary/aromatic N) is 3. The Balaban J connectivity index is 1.37. The fraction of sp³-hybridized carbons (Fsp3) is 0.565. The number of likely N-dealkylation sites (tertiary alicyclic amines) is 1. The van der Waals surface area contributed by atoms with Crippen LogP contribution in [0.25, 0.3) is 0 Å². The van der Waals surface area contributed by atoms with E-state index in [1.807, 2.05) is 30.3 Å². The van der Waals surface area contributed by atoms with Gasteiger partial charge >= 0.3 is 0 Å². The van der Waals surface area contributed by atoms with Crippen molar-refractivity contribution in [2.75, 3.05) is 18.4 Å². The lowest BCUT2D eigenvalue weighted by molar-refractivity contribution is -0.121. The summed E-state index contributed by atoms with van der Waals surface area (Å²) in [5.41, 5.74) is 3.48. The molecule has 1 saturated heterocycles. The highest BCUT2D eigenvalue weighted by molar-refractivity contribution is 7.71. The third kappa shape index (κ3) is 4.33. The molecule has 0 spiro atoms. The Morgan fingerprint density at radius 2 is 1.69 bits per heavy atom. The van der Waals surface area contributed by atoms with E-state index in [9.17, 15) is 4.79 Å². The van der Waals surface area contributed by atoms with Crippen LogP contribution in [0.4, 0.5) is 5.69 Å². The Morgan fingerprint density at radius 3 is 2.34 bits per heavy atom. The van der Waals surface area contributed by atoms with Crippen LogP contribution in [0, 0.1) is 24.5 Å². The molecule has 1 amide bonds. The summed E-state index contributed by atoms with van der Waals surface area (Å²) in [4.78, 5) is 15.0. The summed E-state index contributed by atoms with van der Waals surface area (Å²) >= 11 is 5.88. The summed E-state index contributed by atoms with van der Waals surface area (Å²) in [5, 5.41) is 3.05. The number of rotatable bonds is 5. The van der Waals surface area contributed by atoms with Crippen LogP contribution < -0.4 is 5.32 Å². The van der Waals surface area contributed by atoms with Crippen LogP contribution in [-0.2, 0) is 11.5 Å². The summed E-state index contributed by atoms with van der Waals surface area (Å²) < 4.78 is 5.67. The lowest BCUT2D eigenvalue weighted by atomic mass is 9.96. The first kappa shape index (κ1) is 20.4. The van der Waals surface area contributed by atoms with E-state index < -0.39 is 0 Å².